The number of fused-ring (bicyclic) bond motifs is 1. The molecule has 1 amide bonds. The zero-order valence-electron chi connectivity index (χ0n) is 19.1. The molecule has 33 heavy (non-hydrogen) atoms. The third kappa shape index (κ3) is 4.64. The quantitative estimate of drug-likeness (QED) is 0.458. The number of hydrogen-bond donors (Lipinski definition) is 3. The van der Waals surface area contributed by atoms with Crippen molar-refractivity contribution in [3.8, 4) is 0 Å². The standard InChI is InChI=1S/C23H30FN7OS/c1-4-16-12-30(14(2)17-5-6-19-22(21(17)24)28-13-33-19)7-8-31(16)18(9-20(32)26-3)23-27-11-15(10-25)29-23/h5-6,9,11,13-14,16H,4,7-8,10,12,25H2,1-3H3,(H,26,32)(H,27,29)/b18-9+/t14?,16-/m0/s1. The summed E-state index contributed by atoms with van der Waals surface area (Å²) in [5.74, 6) is 0.195. The van der Waals surface area contributed by atoms with Gasteiger partial charge < -0.3 is 20.9 Å². The van der Waals surface area contributed by atoms with Gasteiger partial charge in [-0.2, -0.15) is 0 Å². The van der Waals surface area contributed by atoms with E-state index in [1.807, 2.05) is 19.1 Å². The molecule has 8 nitrogen and oxygen atoms in total. The number of likely N-dealkylation sites (N-methyl/N-ethyl adjacent to an activating group) is 1. The van der Waals surface area contributed by atoms with Gasteiger partial charge in [0.2, 0.25) is 5.91 Å². The zero-order chi connectivity index (χ0) is 23.5. The van der Waals surface area contributed by atoms with E-state index >= 15 is 4.39 Å². The first kappa shape index (κ1) is 23.3. The molecule has 0 bridgehead atoms. The van der Waals surface area contributed by atoms with Crippen molar-refractivity contribution in [2.45, 2.75) is 38.9 Å². The molecule has 4 N–H and O–H groups in total. The molecule has 0 spiro atoms. The van der Waals surface area contributed by atoms with Crippen LogP contribution in [-0.4, -0.2) is 63.4 Å². The molecule has 1 unspecified atom stereocenters. The van der Waals surface area contributed by atoms with Gasteiger partial charge >= 0.3 is 0 Å². The average Bonchev–Trinajstić information content (AvgIpc) is 3.52. The maximum absolute atomic E-state index is 15.2. The molecule has 4 rings (SSSR count). The molecule has 176 valence electrons. The smallest absolute Gasteiger partial charge is 0.245 e. The summed E-state index contributed by atoms with van der Waals surface area (Å²) < 4.78 is 16.0. The number of H-pyrrole nitrogens is 1. The van der Waals surface area contributed by atoms with E-state index in [2.05, 4.69) is 37.0 Å². The number of carbonyl (C=O) groups is 1. The number of aromatic nitrogens is 3. The van der Waals surface area contributed by atoms with Gasteiger partial charge in [0.1, 0.15) is 5.52 Å². The molecule has 1 fully saturated rings. The molecular formula is C23H30FN7OS. The molecule has 2 aromatic heterocycles. The van der Waals surface area contributed by atoms with Crippen LogP contribution in [-0.2, 0) is 11.3 Å². The predicted octanol–water partition coefficient (Wildman–Crippen LogP) is 2.86. The Morgan fingerprint density at radius 3 is 2.97 bits per heavy atom. The van der Waals surface area contributed by atoms with Crippen molar-refractivity contribution in [3.63, 3.8) is 0 Å². The van der Waals surface area contributed by atoms with Gasteiger partial charge in [0.05, 0.1) is 21.6 Å². The highest BCUT2D eigenvalue weighted by Crippen LogP contribution is 2.32. The second-order valence-corrected chi connectivity index (χ2v) is 9.07. The molecule has 10 heteroatoms. The number of rotatable bonds is 7. The van der Waals surface area contributed by atoms with Crippen LogP contribution in [0.5, 0.6) is 0 Å². The summed E-state index contributed by atoms with van der Waals surface area (Å²) in [6.45, 7) is 6.63. The molecule has 1 aliphatic rings. The van der Waals surface area contributed by atoms with Crippen molar-refractivity contribution in [2.75, 3.05) is 26.7 Å². The first-order valence-corrected chi connectivity index (χ1v) is 12.0. The Labute approximate surface area is 196 Å². The first-order chi connectivity index (χ1) is 16.0. The molecule has 0 aliphatic carbocycles. The highest BCUT2D eigenvalue weighted by Gasteiger charge is 2.32. The first-order valence-electron chi connectivity index (χ1n) is 11.2. The lowest BCUT2D eigenvalue weighted by molar-refractivity contribution is -0.116. The van der Waals surface area contributed by atoms with E-state index in [-0.39, 0.29) is 23.8 Å². The number of halogens is 1. The number of amides is 1. The normalized spacial score (nSPS) is 18.6. The van der Waals surface area contributed by atoms with Crippen LogP contribution in [0.2, 0.25) is 0 Å². The summed E-state index contributed by atoms with van der Waals surface area (Å²) in [5, 5.41) is 2.66. The number of imidazole rings is 1. The Morgan fingerprint density at radius 1 is 1.45 bits per heavy atom. The number of benzene rings is 1. The number of hydrogen-bond acceptors (Lipinski definition) is 7. The predicted molar refractivity (Wildman–Crippen MR) is 129 cm³/mol. The molecule has 3 heterocycles. The van der Waals surface area contributed by atoms with E-state index in [4.69, 9.17) is 5.73 Å². The second-order valence-electron chi connectivity index (χ2n) is 8.18. The number of carbonyl (C=O) groups excluding carboxylic acids is 1. The molecule has 3 aromatic rings. The molecule has 1 aliphatic heterocycles. The van der Waals surface area contributed by atoms with Gasteiger partial charge in [-0.3, -0.25) is 9.69 Å². The van der Waals surface area contributed by atoms with E-state index in [0.29, 0.717) is 30.0 Å². The Hall–Kier alpha value is -2.82. The van der Waals surface area contributed by atoms with Crippen molar-refractivity contribution < 1.29 is 9.18 Å². The van der Waals surface area contributed by atoms with E-state index in [0.717, 1.165) is 35.6 Å². The molecular weight excluding hydrogens is 441 g/mol. The van der Waals surface area contributed by atoms with Crippen LogP contribution < -0.4 is 11.1 Å². The molecule has 1 saturated heterocycles. The summed E-state index contributed by atoms with van der Waals surface area (Å²) in [7, 11) is 1.61. The van der Waals surface area contributed by atoms with Crippen LogP contribution in [0.25, 0.3) is 15.9 Å². The van der Waals surface area contributed by atoms with Crippen molar-refractivity contribution in [3.05, 3.63) is 52.8 Å². The van der Waals surface area contributed by atoms with Crippen LogP contribution in [0.3, 0.4) is 0 Å². The van der Waals surface area contributed by atoms with Crippen LogP contribution in [0.1, 0.15) is 43.4 Å². The lowest BCUT2D eigenvalue weighted by Crippen LogP contribution is -2.52. The lowest BCUT2D eigenvalue weighted by atomic mass is 10.0. The van der Waals surface area contributed by atoms with Crippen molar-refractivity contribution in [2.24, 2.45) is 5.73 Å². The third-order valence-corrected chi connectivity index (χ3v) is 7.15. The number of aromatic amines is 1. The molecule has 0 radical (unpaired) electrons. The largest absolute Gasteiger partial charge is 0.363 e. The number of nitrogens with zero attached hydrogens (tertiary/aromatic N) is 4. The maximum atomic E-state index is 15.2. The summed E-state index contributed by atoms with van der Waals surface area (Å²) >= 11 is 1.45. The van der Waals surface area contributed by atoms with E-state index < -0.39 is 0 Å². The summed E-state index contributed by atoms with van der Waals surface area (Å²) in [4.78, 5) is 28.7. The lowest BCUT2D eigenvalue weighted by Gasteiger charge is -2.45. The molecule has 2 atom stereocenters. The van der Waals surface area contributed by atoms with E-state index in [1.54, 1.807) is 24.8 Å². The fourth-order valence-electron chi connectivity index (χ4n) is 4.41. The third-order valence-electron chi connectivity index (χ3n) is 6.36. The minimum absolute atomic E-state index is 0.0916. The number of nitrogens with one attached hydrogen (secondary N) is 2. The van der Waals surface area contributed by atoms with E-state index in [9.17, 15) is 4.79 Å². The fraction of sp³-hybridized carbons (Fsp3) is 0.435. The van der Waals surface area contributed by atoms with Crippen LogP contribution in [0, 0.1) is 5.82 Å². The Balaban J connectivity index is 1.59. The molecule has 0 saturated carbocycles. The zero-order valence-corrected chi connectivity index (χ0v) is 20.0. The average molecular weight is 472 g/mol. The van der Waals surface area contributed by atoms with Gasteiger partial charge in [0.15, 0.2) is 11.6 Å². The number of piperazine rings is 1. The highest BCUT2D eigenvalue weighted by molar-refractivity contribution is 7.16. The Morgan fingerprint density at radius 2 is 2.27 bits per heavy atom. The van der Waals surface area contributed by atoms with Crippen LogP contribution in [0.4, 0.5) is 4.39 Å². The van der Waals surface area contributed by atoms with Gasteiger partial charge in [0.25, 0.3) is 0 Å². The molecule has 1 aromatic carbocycles. The topological polar surface area (TPSA) is 103 Å². The van der Waals surface area contributed by atoms with Gasteiger partial charge in [0, 0.05) is 63.1 Å². The summed E-state index contributed by atoms with van der Waals surface area (Å²) in [5.41, 5.74) is 10.00. The SMILES string of the molecule is CC[C@H]1CN(C(C)c2ccc3scnc3c2F)CCN1/C(=C/C(=O)NC)c1nc(CN)c[nH]1. The maximum Gasteiger partial charge on any atom is 0.245 e. The van der Waals surface area contributed by atoms with Crippen molar-refractivity contribution in [1.29, 1.82) is 0 Å². The minimum Gasteiger partial charge on any atom is -0.363 e. The fourth-order valence-corrected chi connectivity index (χ4v) is 5.08. The highest BCUT2D eigenvalue weighted by atomic mass is 32.1. The number of nitrogens with two attached hydrogens (primary N) is 1. The monoisotopic (exact) mass is 471 g/mol. The summed E-state index contributed by atoms with van der Waals surface area (Å²) in [6.07, 6.45) is 4.22. The van der Waals surface area contributed by atoms with Gasteiger partial charge in [-0.15, -0.1) is 11.3 Å². The van der Waals surface area contributed by atoms with Crippen LogP contribution in [0.15, 0.2) is 29.9 Å². The Bertz CT molecular complexity index is 1160. The van der Waals surface area contributed by atoms with Gasteiger partial charge in [-0.1, -0.05) is 13.0 Å². The van der Waals surface area contributed by atoms with Crippen molar-refractivity contribution in [1.82, 2.24) is 30.1 Å². The van der Waals surface area contributed by atoms with Gasteiger partial charge in [-0.05, 0) is 19.4 Å². The van der Waals surface area contributed by atoms with Crippen molar-refractivity contribution >= 4 is 33.2 Å². The minimum atomic E-state index is -0.234. The van der Waals surface area contributed by atoms with E-state index in [1.165, 1.54) is 11.3 Å². The summed E-state index contributed by atoms with van der Waals surface area (Å²) in [6, 6.07) is 3.87. The number of thiazole rings is 1. The van der Waals surface area contributed by atoms with Gasteiger partial charge in [-0.25, -0.2) is 14.4 Å². The second kappa shape index (κ2) is 9.98. The Kier molecular flexibility index (Phi) is 7.06. The van der Waals surface area contributed by atoms with Crippen LogP contribution >= 0.6 is 11.3 Å².